The highest BCUT2D eigenvalue weighted by Crippen LogP contribution is 2.48. The van der Waals surface area contributed by atoms with Crippen LogP contribution in [-0.2, 0) is 4.74 Å². The molecule has 94 valence electrons. The van der Waals surface area contributed by atoms with Crippen LogP contribution in [0.5, 0.6) is 0 Å². The van der Waals surface area contributed by atoms with Crippen LogP contribution in [0.4, 0.5) is 0 Å². The third-order valence-electron chi connectivity index (χ3n) is 4.38. The average Bonchev–Trinajstić information content (AvgIpc) is 2.94. The summed E-state index contributed by atoms with van der Waals surface area (Å²) in [5, 5.41) is 7.13. The Balaban J connectivity index is 1.60. The lowest BCUT2D eigenvalue weighted by Crippen LogP contribution is -2.32. The normalized spacial score (nSPS) is 31.9. The Hall–Kier alpha value is -0.120. The molecule has 1 aliphatic carbocycles. The second-order valence-corrected chi connectivity index (χ2v) is 5.77. The SMILES string of the molecule is COCCC1(CNCC2CNCC2C)CC1. The summed E-state index contributed by atoms with van der Waals surface area (Å²) in [6.07, 6.45) is 4.01. The maximum atomic E-state index is 5.18. The number of hydrogen-bond acceptors (Lipinski definition) is 3. The van der Waals surface area contributed by atoms with Crippen molar-refractivity contribution in [3.05, 3.63) is 0 Å². The monoisotopic (exact) mass is 226 g/mol. The van der Waals surface area contributed by atoms with E-state index in [2.05, 4.69) is 17.6 Å². The maximum absolute atomic E-state index is 5.18. The van der Waals surface area contributed by atoms with Gasteiger partial charge in [-0.25, -0.2) is 0 Å². The van der Waals surface area contributed by atoms with E-state index in [1.165, 1.54) is 45.4 Å². The van der Waals surface area contributed by atoms with Crippen LogP contribution in [-0.4, -0.2) is 39.9 Å². The highest BCUT2D eigenvalue weighted by Gasteiger charge is 2.41. The first-order chi connectivity index (χ1) is 7.76. The molecule has 0 aromatic carbocycles. The van der Waals surface area contributed by atoms with Crippen molar-refractivity contribution < 1.29 is 4.74 Å². The van der Waals surface area contributed by atoms with Gasteiger partial charge in [-0.3, -0.25) is 0 Å². The van der Waals surface area contributed by atoms with Gasteiger partial charge in [0.1, 0.15) is 0 Å². The van der Waals surface area contributed by atoms with Crippen LogP contribution in [0.2, 0.25) is 0 Å². The summed E-state index contributed by atoms with van der Waals surface area (Å²) >= 11 is 0. The summed E-state index contributed by atoms with van der Waals surface area (Å²) in [5.74, 6) is 1.67. The fourth-order valence-electron chi connectivity index (χ4n) is 2.67. The Labute approximate surface area is 99.3 Å². The Bertz CT molecular complexity index is 216. The summed E-state index contributed by atoms with van der Waals surface area (Å²) in [6.45, 7) is 8.04. The highest BCUT2D eigenvalue weighted by atomic mass is 16.5. The van der Waals surface area contributed by atoms with Crippen molar-refractivity contribution in [3.63, 3.8) is 0 Å². The Morgan fingerprint density at radius 1 is 1.38 bits per heavy atom. The number of hydrogen-bond donors (Lipinski definition) is 2. The lowest BCUT2D eigenvalue weighted by Gasteiger charge is -2.19. The molecule has 0 radical (unpaired) electrons. The molecule has 2 unspecified atom stereocenters. The summed E-state index contributed by atoms with van der Waals surface area (Å²) in [7, 11) is 1.80. The van der Waals surface area contributed by atoms with Crippen molar-refractivity contribution in [2.75, 3.05) is 39.9 Å². The second-order valence-electron chi connectivity index (χ2n) is 5.77. The highest BCUT2D eigenvalue weighted by molar-refractivity contribution is 4.95. The first-order valence-electron chi connectivity index (χ1n) is 6.66. The van der Waals surface area contributed by atoms with Crippen molar-refractivity contribution in [1.82, 2.24) is 10.6 Å². The quantitative estimate of drug-likeness (QED) is 0.685. The molecule has 1 saturated heterocycles. The van der Waals surface area contributed by atoms with Crippen molar-refractivity contribution in [2.45, 2.75) is 26.2 Å². The Morgan fingerprint density at radius 2 is 2.19 bits per heavy atom. The van der Waals surface area contributed by atoms with Crippen LogP contribution in [0.15, 0.2) is 0 Å². The first-order valence-corrected chi connectivity index (χ1v) is 6.66. The van der Waals surface area contributed by atoms with E-state index in [9.17, 15) is 0 Å². The van der Waals surface area contributed by atoms with Crippen LogP contribution in [0.25, 0.3) is 0 Å². The van der Waals surface area contributed by atoms with Gasteiger partial charge in [-0.1, -0.05) is 6.92 Å². The third kappa shape index (κ3) is 3.19. The number of methoxy groups -OCH3 is 1. The average molecular weight is 226 g/mol. The van der Waals surface area contributed by atoms with E-state index in [0.717, 1.165) is 18.4 Å². The van der Waals surface area contributed by atoms with Gasteiger partial charge < -0.3 is 15.4 Å². The molecular formula is C13H26N2O. The van der Waals surface area contributed by atoms with Gasteiger partial charge in [0.25, 0.3) is 0 Å². The van der Waals surface area contributed by atoms with E-state index >= 15 is 0 Å². The van der Waals surface area contributed by atoms with E-state index in [4.69, 9.17) is 4.74 Å². The van der Waals surface area contributed by atoms with Gasteiger partial charge in [0.2, 0.25) is 0 Å². The molecule has 1 aliphatic heterocycles. The van der Waals surface area contributed by atoms with E-state index in [0.29, 0.717) is 5.41 Å². The fraction of sp³-hybridized carbons (Fsp3) is 1.00. The fourth-order valence-corrected chi connectivity index (χ4v) is 2.67. The molecule has 3 nitrogen and oxygen atoms in total. The summed E-state index contributed by atoms with van der Waals surface area (Å²) in [5.41, 5.74) is 0.589. The van der Waals surface area contributed by atoms with Crippen LogP contribution in [0.3, 0.4) is 0 Å². The minimum Gasteiger partial charge on any atom is -0.385 e. The molecule has 0 aromatic heterocycles. The molecule has 0 bridgehead atoms. The molecule has 2 N–H and O–H groups in total. The molecule has 1 saturated carbocycles. The Morgan fingerprint density at radius 3 is 2.75 bits per heavy atom. The second kappa shape index (κ2) is 5.48. The summed E-state index contributed by atoms with van der Waals surface area (Å²) < 4.78 is 5.18. The lowest BCUT2D eigenvalue weighted by atomic mass is 9.97. The van der Waals surface area contributed by atoms with Crippen LogP contribution < -0.4 is 10.6 Å². The minimum absolute atomic E-state index is 0.589. The summed E-state index contributed by atoms with van der Waals surface area (Å²) in [4.78, 5) is 0. The minimum atomic E-state index is 0.589. The van der Waals surface area contributed by atoms with E-state index in [-0.39, 0.29) is 0 Å². The van der Waals surface area contributed by atoms with Crippen molar-refractivity contribution in [1.29, 1.82) is 0 Å². The van der Waals surface area contributed by atoms with Crippen LogP contribution in [0, 0.1) is 17.3 Å². The van der Waals surface area contributed by atoms with Gasteiger partial charge >= 0.3 is 0 Å². The first kappa shape index (κ1) is 12.3. The topological polar surface area (TPSA) is 33.3 Å². The molecule has 3 heteroatoms. The van der Waals surface area contributed by atoms with Crippen LogP contribution in [0.1, 0.15) is 26.2 Å². The van der Waals surface area contributed by atoms with Crippen molar-refractivity contribution >= 4 is 0 Å². The smallest absolute Gasteiger partial charge is 0.0468 e. The zero-order valence-electron chi connectivity index (χ0n) is 10.7. The van der Waals surface area contributed by atoms with Gasteiger partial charge in [-0.15, -0.1) is 0 Å². The van der Waals surface area contributed by atoms with E-state index in [1.807, 2.05) is 0 Å². The zero-order valence-corrected chi connectivity index (χ0v) is 10.7. The van der Waals surface area contributed by atoms with Gasteiger partial charge in [0.15, 0.2) is 0 Å². The molecule has 2 fully saturated rings. The van der Waals surface area contributed by atoms with Gasteiger partial charge in [0, 0.05) is 20.3 Å². The molecular weight excluding hydrogens is 200 g/mol. The van der Waals surface area contributed by atoms with Gasteiger partial charge in [-0.2, -0.15) is 0 Å². The molecule has 2 rings (SSSR count). The third-order valence-corrected chi connectivity index (χ3v) is 4.38. The predicted octanol–water partition coefficient (Wildman–Crippen LogP) is 1.25. The Kier molecular flexibility index (Phi) is 4.22. The molecule has 2 aliphatic rings. The van der Waals surface area contributed by atoms with Gasteiger partial charge in [-0.05, 0) is 56.1 Å². The predicted molar refractivity (Wildman–Crippen MR) is 66.6 cm³/mol. The molecule has 0 spiro atoms. The number of ether oxygens (including phenoxy) is 1. The van der Waals surface area contributed by atoms with Crippen molar-refractivity contribution in [2.24, 2.45) is 17.3 Å². The molecule has 0 amide bonds. The van der Waals surface area contributed by atoms with E-state index < -0.39 is 0 Å². The van der Waals surface area contributed by atoms with Gasteiger partial charge in [0.05, 0.1) is 0 Å². The van der Waals surface area contributed by atoms with E-state index in [1.54, 1.807) is 7.11 Å². The number of nitrogens with one attached hydrogen (secondary N) is 2. The number of rotatable bonds is 7. The molecule has 16 heavy (non-hydrogen) atoms. The van der Waals surface area contributed by atoms with Crippen molar-refractivity contribution in [3.8, 4) is 0 Å². The zero-order chi connectivity index (χ0) is 11.4. The molecule has 1 heterocycles. The van der Waals surface area contributed by atoms with Crippen LogP contribution >= 0.6 is 0 Å². The summed E-state index contributed by atoms with van der Waals surface area (Å²) in [6, 6.07) is 0. The lowest BCUT2D eigenvalue weighted by molar-refractivity contribution is 0.170. The maximum Gasteiger partial charge on any atom is 0.0468 e. The molecule has 2 atom stereocenters. The largest absolute Gasteiger partial charge is 0.385 e. The standard InChI is InChI=1S/C13H26N2O/c1-11-7-14-8-12(11)9-15-10-13(3-4-13)5-6-16-2/h11-12,14-15H,3-10H2,1-2H3. The molecule has 0 aromatic rings.